The minimum absolute atomic E-state index is 0.331. The molecule has 0 radical (unpaired) electrons. The van der Waals surface area contributed by atoms with Crippen LogP contribution in [0.1, 0.15) is 27.6 Å². The molecular weight excluding hydrogens is 208 g/mol. The van der Waals surface area contributed by atoms with E-state index in [1.807, 2.05) is 11.5 Å². The van der Waals surface area contributed by atoms with Gasteiger partial charge < -0.3 is 9.67 Å². The third-order valence-electron chi connectivity index (χ3n) is 2.58. The molecule has 0 aliphatic carbocycles. The fourth-order valence-corrected chi connectivity index (χ4v) is 1.72. The van der Waals surface area contributed by atoms with Crippen LogP contribution in [0.4, 0.5) is 0 Å². The Labute approximate surface area is 91.9 Å². The van der Waals surface area contributed by atoms with E-state index in [0.717, 1.165) is 11.4 Å². The predicted molar refractivity (Wildman–Crippen MR) is 56.4 cm³/mol. The van der Waals surface area contributed by atoms with Crippen molar-refractivity contribution in [3.63, 3.8) is 0 Å². The van der Waals surface area contributed by atoms with E-state index in [-0.39, 0.29) is 0 Å². The summed E-state index contributed by atoms with van der Waals surface area (Å²) in [5.74, 6) is -0.198. The standard InChI is InChI=1S/C10H12N4O2/c1-6-3-8(10(15)16)7(2)14(6)4-9-11-5-12-13-9/h3,5H,4H2,1-2H3,(H,15,16)(H,11,12,13). The van der Waals surface area contributed by atoms with Gasteiger partial charge in [0.05, 0.1) is 12.1 Å². The Morgan fingerprint density at radius 3 is 2.81 bits per heavy atom. The average Bonchev–Trinajstić information content (AvgIpc) is 2.81. The van der Waals surface area contributed by atoms with Gasteiger partial charge in [-0.15, -0.1) is 0 Å². The predicted octanol–water partition coefficient (Wildman–Crippen LogP) is 0.970. The highest BCUT2D eigenvalue weighted by Crippen LogP contribution is 2.15. The first-order valence-electron chi connectivity index (χ1n) is 4.84. The molecule has 0 amide bonds. The van der Waals surface area contributed by atoms with Gasteiger partial charge in [0.2, 0.25) is 0 Å². The summed E-state index contributed by atoms with van der Waals surface area (Å²) in [7, 11) is 0. The van der Waals surface area contributed by atoms with Gasteiger partial charge in [0.25, 0.3) is 0 Å². The molecule has 0 atom stereocenters. The van der Waals surface area contributed by atoms with Crippen LogP contribution in [0.15, 0.2) is 12.4 Å². The van der Waals surface area contributed by atoms with E-state index in [1.165, 1.54) is 6.33 Å². The van der Waals surface area contributed by atoms with Crippen LogP contribution in [0, 0.1) is 13.8 Å². The molecule has 16 heavy (non-hydrogen) atoms. The maximum atomic E-state index is 10.9. The van der Waals surface area contributed by atoms with Gasteiger partial charge in [0.15, 0.2) is 0 Å². The number of aromatic amines is 1. The van der Waals surface area contributed by atoms with Crippen molar-refractivity contribution >= 4 is 5.97 Å². The van der Waals surface area contributed by atoms with Crippen molar-refractivity contribution in [2.45, 2.75) is 20.4 Å². The number of aryl methyl sites for hydroxylation is 1. The zero-order valence-corrected chi connectivity index (χ0v) is 9.06. The molecule has 2 N–H and O–H groups in total. The van der Waals surface area contributed by atoms with Gasteiger partial charge in [-0.05, 0) is 19.9 Å². The van der Waals surface area contributed by atoms with E-state index in [4.69, 9.17) is 5.11 Å². The number of rotatable bonds is 3. The van der Waals surface area contributed by atoms with Crippen LogP contribution in [-0.4, -0.2) is 30.8 Å². The minimum atomic E-state index is -0.906. The molecule has 0 saturated carbocycles. The molecule has 0 unspecified atom stereocenters. The molecule has 0 saturated heterocycles. The van der Waals surface area contributed by atoms with Crippen LogP contribution < -0.4 is 0 Å². The highest BCUT2D eigenvalue weighted by molar-refractivity contribution is 5.89. The van der Waals surface area contributed by atoms with Gasteiger partial charge in [-0.25, -0.2) is 9.78 Å². The number of carboxylic acids is 1. The molecule has 0 fully saturated rings. The van der Waals surface area contributed by atoms with E-state index in [2.05, 4.69) is 15.2 Å². The Balaban J connectivity index is 2.38. The summed E-state index contributed by atoms with van der Waals surface area (Å²) < 4.78 is 1.89. The smallest absolute Gasteiger partial charge is 0.337 e. The zero-order chi connectivity index (χ0) is 11.7. The molecule has 84 valence electrons. The first-order chi connectivity index (χ1) is 7.59. The van der Waals surface area contributed by atoms with Crippen molar-refractivity contribution in [1.29, 1.82) is 0 Å². The summed E-state index contributed by atoms with van der Waals surface area (Å²) in [5, 5.41) is 15.5. The van der Waals surface area contributed by atoms with E-state index < -0.39 is 5.97 Å². The van der Waals surface area contributed by atoms with Crippen LogP contribution in [-0.2, 0) is 6.54 Å². The molecule has 2 heterocycles. The first-order valence-corrected chi connectivity index (χ1v) is 4.84. The Hall–Kier alpha value is -2.11. The lowest BCUT2D eigenvalue weighted by Gasteiger charge is -2.06. The van der Waals surface area contributed by atoms with Gasteiger partial charge in [-0.1, -0.05) is 0 Å². The first kappa shape index (κ1) is 10.4. The average molecular weight is 220 g/mol. The second-order valence-electron chi connectivity index (χ2n) is 3.61. The van der Waals surface area contributed by atoms with E-state index >= 15 is 0 Å². The lowest BCUT2D eigenvalue weighted by molar-refractivity contribution is 0.0696. The number of aromatic carboxylic acids is 1. The maximum Gasteiger partial charge on any atom is 0.337 e. The Bertz CT molecular complexity index is 513. The van der Waals surface area contributed by atoms with Gasteiger partial charge >= 0.3 is 5.97 Å². The largest absolute Gasteiger partial charge is 0.478 e. The molecule has 2 aromatic heterocycles. The van der Waals surface area contributed by atoms with Crippen LogP contribution in [0.2, 0.25) is 0 Å². The number of nitrogens with one attached hydrogen (secondary N) is 1. The van der Waals surface area contributed by atoms with Crippen molar-refractivity contribution in [2.75, 3.05) is 0 Å². The zero-order valence-electron chi connectivity index (χ0n) is 9.06. The molecular formula is C10H12N4O2. The summed E-state index contributed by atoms with van der Waals surface area (Å²) in [5.41, 5.74) is 1.95. The molecule has 0 aliphatic heterocycles. The second kappa shape index (κ2) is 3.80. The van der Waals surface area contributed by atoms with Crippen LogP contribution >= 0.6 is 0 Å². The lowest BCUT2D eigenvalue weighted by atomic mass is 10.2. The fourth-order valence-electron chi connectivity index (χ4n) is 1.72. The highest BCUT2D eigenvalue weighted by Gasteiger charge is 2.14. The maximum absolute atomic E-state index is 10.9. The topological polar surface area (TPSA) is 83.8 Å². The monoisotopic (exact) mass is 220 g/mol. The molecule has 2 aromatic rings. The van der Waals surface area contributed by atoms with Crippen molar-refractivity contribution in [3.8, 4) is 0 Å². The Kier molecular flexibility index (Phi) is 2.47. The quantitative estimate of drug-likeness (QED) is 0.807. The van der Waals surface area contributed by atoms with Gasteiger partial charge in [-0.2, -0.15) is 5.10 Å². The number of hydrogen-bond acceptors (Lipinski definition) is 3. The van der Waals surface area contributed by atoms with E-state index in [1.54, 1.807) is 13.0 Å². The number of hydrogen-bond donors (Lipinski definition) is 2. The highest BCUT2D eigenvalue weighted by atomic mass is 16.4. The van der Waals surface area contributed by atoms with Crippen LogP contribution in [0.25, 0.3) is 0 Å². The second-order valence-corrected chi connectivity index (χ2v) is 3.61. The van der Waals surface area contributed by atoms with E-state index in [9.17, 15) is 4.79 Å². The summed E-state index contributed by atoms with van der Waals surface area (Å²) in [6.07, 6.45) is 1.43. The number of nitrogens with zero attached hydrogens (tertiary/aromatic N) is 3. The van der Waals surface area contributed by atoms with Crippen molar-refractivity contribution < 1.29 is 9.90 Å². The number of H-pyrrole nitrogens is 1. The molecule has 0 aromatic carbocycles. The third kappa shape index (κ3) is 1.69. The van der Waals surface area contributed by atoms with Gasteiger partial charge in [-0.3, -0.25) is 5.10 Å². The molecule has 6 nitrogen and oxygen atoms in total. The summed E-state index contributed by atoms with van der Waals surface area (Å²) in [4.78, 5) is 15.0. The van der Waals surface area contributed by atoms with Crippen molar-refractivity contribution in [1.82, 2.24) is 19.7 Å². The number of carboxylic acid groups (broad SMARTS) is 1. The SMILES string of the molecule is Cc1cc(C(=O)O)c(C)n1Cc1ncn[nH]1. The normalized spacial score (nSPS) is 10.6. The Morgan fingerprint density at radius 1 is 1.56 bits per heavy atom. The van der Waals surface area contributed by atoms with Gasteiger partial charge in [0, 0.05) is 11.4 Å². The summed E-state index contributed by atoms with van der Waals surface area (Å²) in [6, 6.07) is 1.66. The molecule has 0 bridgehead atoms. The van der Waals surface area contributed by atoms with Crippen molar-refractivity contribution in [2.24, 2.45) is 0 Å². The Morgan fingerprint density at radius 2 is 2.31 bits per heavy atom. The third-order valence-corrected chi connectivity index (χ3v) is 2.58. The van der Waals surface area contributed by atoms with E-state index in [0.29, 0.717) is 17.9 Å². The summed E-state index contributed by atoms with van der Waals surface area (Å²) >= 11 is 0. The number of carbonyl (C=O) groups is 1. The molecule has 0 aliphatic rings. The lowest BCUT2D eigenvalue weighted by Crippen LogP contribution is -2.07. The van der Waals surface area contributed by atoms with Gasteiger partial charge in [0.1, 0.15) is 12.2 Å². The van der Waals surface area contributed by atoms with Crippen molar-refractivity contribution in [3.05, 3.63) is 35.2 Å². The molecule has 0 spiro atoms. The number of aromatic nitrogens is 4. The molecule has 2 rings (SSSR count). The fraction of sp³-hybridized carbons (Fsp3) is 0.300. The minimum Gasteiger partial charge on any atom is -0.478 e. The molecule has 6 heteroatoms. The van der Waals surface area contributed by atoms with Crippen LogP contribution in [0.5, 0.6) is 0 Å². The van der Waals surface area contributed by atoms with Crippen LogP contribution in [0.3, 0.4) is 0 Å². The summed E-state index contributed by atoms with van der Waals surface area (Å²) in [6.45, 7) is 4.16.